The van der Waals surface area contributed by atoms with Gasteiger partial charge in [0.2, 0.25) is 0 Å². The summed E-state index contributed by atoms with van der Waals surface area (Å²) in [6.45, 7) is 2.10. The lowest BCUT2D eigenvalue weighted by Crippen LogP contribution is -1.99. The van der Waals surface area contributed by atoms with Gasteiger partial charge < -0.3 is 5.11 Å². The fourth-order valence-electron chi connectivity index (χ4n) is 1.84. The molecule has 3 aromatic heterocycles. The van der Waals surface area contributed by atoms with Crippen LogP contribution in [0.25, 0.3) is 10.2 Å². The molecule has 106 valence electrons. The van der Waals surface area contributed by atoms with Gasteiger partial charge in [-0.05, 0) is 24.6 Å². The number of aryl methyl sites for hydroxylation is 1. The highest BCUT2D eigenvalue weighted by Gasteiger charge is 2.11. The summed E-state index contributed by atoms with van der Waals surface area (Å²) >= 11 is 3.08. The van der Waals surface area contributed by atoms with Gasteiger partial charge in [-0.25, -0.2) is 19.7 Å². The number of thiophene rings is 1. The van der Waals surface area contributed by atoms with Gasteiger partial charge in [0.15, 0.2) is 0 Å². The van der Waals surface area contributed by atoms with Gasteiger partial charge in [0.25, 0.3) is 0 Å². The molecule has 0 aliphatic rings. The van der Waals surface area contributed by atoms with Crippen LogP contribution in [0, 0.1) is 0 Å². The summed E-state index contributed by atoms with van der Waals surface area (Å²) in [6, 6.07) is 5.42. The molecule has 0 aliphatic heterocycles. The van der Waals surface area contributed by atoms with Gasteiger partial charge in [-0.3, -0.25) is 0 Å². The highest BCUT2D eigenvalue weighted by atomic mass is 32.2. The van der Waals surface area contributed by atoms with Crippen LogP contribution >= 0.6 is 23.1 Å². The van der Waals surface area contributed by atoms with E-state index in [9.17, 15) is 4.79 Å². The number of pyridine rings is 1. The number of hydrogen-bond acceptors (Lipinski definition) is 6. The fourth-order valence-corrected chi connectivity index (χ4v) is 3.73. The minimum absolute atomic E-state index is 0.0323. The second-order valence-electron chi connectivity index (χ2n) is 4.25. The molecule has 3 heterocycles. The van der Waals surface area contributed by atoms with Gasteiger partial charge in [-0.15, -0.1) is 11.3 Å². The first kappa shape index (κ1) is 14.0. The highest BCUT2D eigenvalue weighted by molar-refractivity contribution is 7.99. The number of aromatic carboxylic acids is 1. The lowest BCUT2D eigenvalue weighted by Gasteiger charge is -2.02. The monoisotopic (exact) mass is 317 g/mol. The Morgan fingerprint density at radius 2 is 2.19 bits per heavy atom. The maximum atomic E-state index is 11.0. The molecule has 0 aromatic carbocycles. The van der Waals surface area contributed by atoms with Crippen molar-refractivity contribution < 1.29 is 9.90 Å². The molecule has 0 unspecified atom stereocenters. The van der Waals surface area contributed by atoms with Crippen LogP contribution in [0.3, 0.4) is 0 Å². The van der Waals surface area contributed by atoms with Crippen molar-refractivity contribution >= 4 is 39.3 Å². The smallest absolute Gasteiger partial charge is 0.354 e. The van der Waals surface area contributed by atoms with Crippen molar-refractivity contribution in [1.29, 1.82) is 0 Å². The summed E-state index contributed by atoms with van der Waals surface area (Å²) in [5.41, 5.74) is 0.0323. The number of carboxylic acids is 1. The molecule has 0 amide bonds. The van der Waals surface area contributed by atoms with E-state index in [1.54, 1.807) is 29.8 Å². The van der Waals surface area contributed by atoms with E-state index < -0.39 is 5.97 Å². The van der Waals surface area contributed by atoms with Crippen molar-refractivity contribution in [2.75, 3.05) is 0 Å². The van der Waals surface area contributed by atoms with Crippen molar-refractivity contribution in [2.45, 2.75) is 23.3 Å². The van der Waals surface area contributed by atoms with Crippen LogP contribution in [-0.4, -0.2) is 26.0 Å². The van der Waals surface area contributed by atoms with Crippen molar-refractivity contribution in [3.05, 3.63) is 41.3 Å². The van der Waals surface area contributed by atoms with Gasteiger partial charge in [0, 0.05) is 21.4 Å². The van der Waals surface area contributed by atoms with E-state index >= 15 is 0 Å². The maximum absolute atomic E-state index is 11.0. The highest BCUT2D eigenvalue weighted by Crippen LogP contribution is 2.34. The first-order valence-electron chi connectivity index (χ1n) is 6.28. The molecule has 3 aromatic rings. The summed E-state index contributed by atoms with van der Waals surface area (Å²) in [5, 5.41) is 10.8. The average Bonchev–Trinajstić information content (AvgIpc) is 2.92. The van der Waals surface area contributed by atoms with Crippen LogP contribution in [-0.2, 0) is 6.42 Å². The predicted octanol–water partition coefficient (Wildman–Crippen LogP) is 3.50. The normalized spacial score (nSPS) is 10.9. The summed E-state index contributed by atoms with van der Waals surface area (Å²) in [5.74, 6) is -1.03. The van der Waals surface area contributed by atoms with Crippen LogP contribution in [0.4, 0.5) is 0 Å². The number of hydrogen-bond donors (Lipinski definition) is 1. The molecule has 0 atom stereocenters. The minimum Gasteiger partial charge on any atom is -0.477 e. The van der Waals surface area contributed by atoms with E-state index in [0.717, 1.165) is 26.6 Å². The van der Waals surface area contributed by atoms with Crippen LogP contribution in [0.5, 0.6) is 0 Å². The van der Waals surface area contributed by atoms with Crippen LogP contribution in [0.15, 0.2) is 40.6 Å². The number of rotatable bonds is 4. The first-order chi connectivity index (χ1) is 10.2. The van der Waals surface area contributed by atoms with Crippen molar-refractivity contribution in [3.63, 3.8) is 0 Å². The summed E-state index contributed by atoms with van der Waals surface area (Å²) < 4.78 is 0. The summed E-state index contributed by atoms with van der Waals surface area (Å²) in [4.78, 5) is 26.4. The van der Waals surface area contributed by atoms with Gasteiger partial charge in [-0.2, -0.15) is 0 Å². The fraction of sp³-hybridized carbons (Fsp3) is 0.143. The molecule has 0 spiro atoms. The molecule has 0 saturated carbocycles. The van der Waals surface area contributed by atoms with E-state index in [4.69, 9.17) is 5.11 Å². The molecule has 0 bridgehead atoms. The van der Waals surface area contributed by atoms with Crippen molar-refractivity contribution in [3.8, 4) is 0 Å². The molecular formula is C14H11N3O2S2. The molecule has 0 fully saturated rings. The molecule has 7 heteroatoms. The lowest BCUT2D eigenvalue weighted by molar-refractivity contribution is 0.0690. The van der Waals surface area contributed by atoms with Gasteiger partial charge >= 0.3 is 5.97 Å². The minimum atomic E-state index is -1.03. The largest absolute Gasteiger partial charge is 0.477 e. The molecule has 5 nitrogen and oxygen atoms in total. The molecular weight excluding hydrogens is 306 g/mol. The van der Waals surface area contributed by atoms with E-state index in [1.807, 2.05) is 0 Å². The zero-order valence-corrected chi connectivity index (χ0v) is 12.7. The number of aromatic nitrogens is 3. The molecule has 21 heavy (non-hydrogen) atoms. The molecule has 0 radical (unpaired) electrons. The van der Waals surface area contributed by atoms with Gasteiger partial charge in [0.1, 0.15) is 21.9 Å². The van der Waals surface area contributed by atoms with Crippen molar-refractivity contribution in [2.24, 2.45) is 0 Å². The number of fused-ring (bicyclic) bond motifs is 1. The number of carbonyl (C=O) groups is 1. The second kappa shape index (κ2) is 5.79. The summed E-state index contributed by atoms with van der Waals surface area (Å²) in [7, 11) is 0. The number of carboxylic acid groups (broad SMARTS) is 1. The third-order valence-electron chi connectivity index (χ3n) is 2.86. The lowest BCUT2D eigenvalue weighted by atomic mass is 10.3. The Hall–Kier alpha value is -1.99. The Morgan fingerprint density at radius 1 is 1.33 bits per heavy atom. The third-order valence-corrected chi connectivity index (χ3v) is 5.05. The summed E-state index contributed by atoms with van der Waals surface area (Å²) in [6.07, 6.45) is 4.00. The molecule has 3 rings (SSSR count). The topological polar surface area (TPSA) is 76.0 Å². The van der Waals surface area contributed by atoms with Crippen LogP contribution in [0.2, 0.25) is 0 Å². The SMILES string of the molecule is CCc1cc2c(Sc3ccnc(C(=O)O)c3)ncnc2s1. The Bertz CT molecular complexity index is 817. The Balaban J connectivity index is 1.99. The number of nitrogens with zero attached hydrogens (tertiary/aromatic N) is 3. The van der Waals surface area contributed by atoms with Crippen LogP contribution < -0.4 is 0 Å². The van der Waals surface area contributed by atoms with Gasteiger partial charge in [-0.1, -0.05) is 18.7 Å². The Kier molecular flexibility index (Phi) is 3.85. The predicted molar refractivity (Wildman–Crippen MR) is 82.1 cm³/mol. The van der Waals surface area contributed by atoms with E-state index in [1.165, 1.54) is 22.8 Å². The zero-order valence-electron chi connectivity index (χ0n) is 11.1. The van der Waals surface area contributed by atoms with E-state index in [2.05, 4.69) is 27.9 Å². The molecule has 0 aliphatic carbocycles. The second-order valence-corrected chi connectivity index (χ2v) is 6.43. The van der Waals surface area contributed by atoms with Gasteiger partial charge in [0.05, 0.1) is 0 Å². The zero-order chi connectivity index (χ0) is 14.8. The molecule has 0 saturated heterocycles. The average molecular weight is 317 g/mol. The quantitative estimate of drug-likeness (QED) is 0.742. The standard InChI is InChI=1S/C14H11N3O2S2/c1-2-8-5-10-12(20-8)16-7-17-13(10)21-9-3-4-15-11(6-9)14(18)19/h3-7H,2H2,1H3,(H,18,19). The first-order valence-corrected chi connectivity index (χ1v) is 7.91. The van der Waals surface area contributed by atoms with E-state index in [0.29, 0.717) is 0 Å². The van der Waals surface area contributed by atoms with E-state index in [-0.39, 0.29) is 5.69 Å². The third kappa shape index (κ3) is 2.88. The Labute approximate surface area is 129 Å². The Morgan fingerprint density at radius 3 is 2.95 bits per heavy atom. The van der Waals surface area contributed by atoms with Crippen LogP contribution in [0.1, 0.15) is 22.3 Å². The maximum Gasteiger partial charge on any atom is 0.354 e. The molecule has 1 N–H and O–H groups in total. The van der Waals surface area contributed by atoms with Crippen molar-refractivity contribution in [1.82, 2.24) is 15.0 Å².